The number of aromatic nitrogens is 5. The first kappa shape index (κ1) is 24.1. The quantitative estimate of drug-likeness (QED) is 0.370. The Morgan fingerprint density at radius 3 is 2.55 bits per heavy atom. The normalized spacial score (nSPS) is 16.9. The highest BCUT2D eigenvalue weighted by Crippen LogP contribution is 2.43. The summed E-state index contributed by atoms with van der Waals surface area (Å²) in [5.41, 5.74) is 3.50. The zero-order valence-electron chi connectivity index (χ0n) is 21.8. The number of phenols is 1. The van der Waals surface area contributed by atoms with Crippen molar-refractivity contribution in [2.75, 3.05) is 42.6 Å². The van der Waals surface area contributed by atoms with Crippen molar-refractivity contribution in [3.8, 4) is 17.0 Å². The summed E-state index contributed by atoms with van der Waals surface area (Å²) in [6.45, 7) is 9.80. The van der Waals surface area contributed by atoms with E-state index in [0.29, 0.717) is 23.8 Å². The van der Waals surface area contributed by atoms with Crippen LogP contribution in [0, 0.1) is 11.3 Å². The van der Waals surface area contributed by atoms with Crippen LogP contribution in [0.1, 0.15) is 26.8 Å². The van der Waals surface area contributed by atoms with Crippen LogP contribution in [0.25, 0.3) is 22.2 Å². The minimum absolute atomic E-state index is 0.0512. The van der Waals surface area contributed by atoms with Crippen LogP contribution in [-0.2, 0) is 9.53 Å². The van der Waals surface area contributed by atoms with E-state index in [1.807, 2.05) is 39.0 Å². The third-order valence-electron chi connectivity index (χ3n) is 7.45. The predicted octanol–water partition coefficient (Wildman–Crippen LogP) is 3.68. The number of para-hydroxylation sites is 1. The van der Waals surface area contributed by atoms with Gasteiger partial charge >= 0.3 is 5.97 Å². The minimum Gasteiger partial charge on any atom is -0.507 e. The molecule has 0 radical (unpaired) electrons. The molecule has 4 heterocycles. The Labute approximate surface area is 220 Å². The largest absolute Gasteiger partial charge is 0.507 e. The van der Waals surface area contributed by atoms with Crippen molar-refractivity contribution in [2.45, 2.75) is 26.8 Å². The van der Waals surface area contributed by atoms with Gasteiger partial charge in [-0.15, -0.1) is 15.3 Å². The number of ether oxygens (including phenoxy) is 1. The van der Waals surface area contributed by atoms with Gasteiger partial charge < -0.3 is 19.6 Å². The molecule has 2 aromatic heterocycles. The second kappa shape index (κ2) is 9.27. The van der Waals surface area contributed by atoms with Crippen LogP contribution in [0.15, 0.2) is 54.9 Å². The highest BCUT2D eigenvalue weighted by atomic mass is 16.5. The van der Waals surface area contributed by atoms with E-state index in [1.165, 1.54) is 0 Å². The maximum atomic E-state index is 12.4. The predicted molar refractivity (Wildman–Crippen MR) is 144 cm³/mol. The Balaban J connectivity index is 1.09. The van der Waals surface area contributed by atoms with E-state index in [0.717, 1.165) is 42.8 Å². The summed E-state index contributed by atoms with van der Waals surface area (Å²) < 4.78 is 6.87. The van der Waals surface area contributed by atoms with Crippen LogP contribution < -0.4 is 9.80 Å². The molecule has 2 aliphatic heterocycles. The number of aromatic hydroxyl groups is 1. The van der Waals surface area contributed by atoms with Crippen molar-refractivity contribution in [1.29, 1.82) is 0 Å². The standard InChI is InChI=1S/C28H31N7O3/c1-4-38-26(37)25(18(2)3)35-17-29-27(32-35)34-15-28(16-34)13-33(14-28)20-10-9-19-11-23(31-30-22(19)12-20)21-7-5-6-8-24(21)36/h5-12,17-18,25,36H,4,13-16H2,1-3H3. The van der Waals surface area contributed by atoms with Crippen molar-refractivity contribution in [3.05, 3.63) is 54.9 Å². The number of phenolic OH excluding ortho intramolecular Hbond substituents is 1. The zero-order chi connectivity index (χ0) is 26.4. The molecule has 1 N–H and O–H groups in total. The Kier molecular flexibility index (Phi) is 5.89. The van der Waals surface area contributed by atoms with E-state index in [2.05, 4.69) is 48.3 Å². The van der Waals surface area contributed by atoms with Gasteiger partial charge in [0.1, 0.15) is 12.1 Å². The number of benzene rings is 2. The molecule has 6 rings (SSSR count). The fourth-order valence-corrected chi connectivity index (χ4v) is 5.55. The molecule has 0 amide bonds. The number of rotatable bonds is 7. The Morgan fingerprint density at radius 1 is 1.05 bits per heavy atom. The SMILES string of the molecule is CCOC(=O)C(C(C)C)n1cnc(N2CC3(CN(c4ccc5cc(-c6ccccc6O)nnc5c4)C3)C2)n1. The first-order valence-corrected chi connectivity index (χ1v) is 13.0. The highest BCUT2D eigenvalue weighted by molar-refractivity contribution is 5.85. The Bertz CT molecular complexity index is 1490. The van der Waals surface area contributed by atoms with Crippen LogP contribution in [-0.4, -0.2) is 68.8 Å². The van der Waals surface area contributed by atoms with Crippen molar-refractivity contribution in [2.24, 2.45) is 11.3 Å². The summed E-state index contributed by atoms with van der Waals surface area (Å²) in [5.74, 6) is 0.627. The van der Waals surface area contributed by atoms with Crippen LogP contribution in [0.5, 0.6) is 5.75 Å². The molecular weight excluding hydrogens is 482 g/mol. The lowest BCUT2D eigenvalue weighted by atomic mass is 9.72. The van der Waals surface area contributed by atoms with E-state index in [-0.39, 0.29) is 23.1 Å². The third-order valence-corrected chi connectivity index (χ3v) is 7.45. The molecule has 0 saturated carbocycles. The van der Waals surface area contributed by atoms with Crippen LogP contribution in [0.3, 0.4) is 0 Å². The van der Waals surface area contributed by atoms with Gasteiger partial charge in [0.25, 0.3) is 0 Å². The molecule has 1 unspecified atom stereocenters. The fourth-order valence-electron chi connectivity index (χ4n) is 5.55. The van der Waals surface area contributed by atoms with E-state index >= 15 is 0 Å². The average molecular weight is 514 g/mol. The van der Waals surface area contributed by atoms with Crippen LogP contribution in [0.2, 0.25) is 0 Å². The number of anilines is 2. The first-order chi connectivity index (χ1) is 18.4. The molecule has 2 saturated heterocycles. The number of hydrogen-bond acceptors (Lipinski definition) is 9. The van der Waals surface area contributed by atoms with E-state index < -0.39 is 6.04 Å². The lowest BCUT2D eigenvalue weighted by Crippen LogP contribution is -2.72. The number of nitrogens with zero attached hydrogens (tertiary/aromatic N) is 7. The monoisotopic (exact) mass is 513 g/mol. The van der Waals surface area contributed by atoms with Crippen molar-refractivity contribution in [3.63, 3.8) is 0 Å². The summed E-state index contributed by atoms with van der Waals surface area (Å²) in [5, 5.41) is 24.5. The van der Waals surface area contributed by atoms with E-state index in [1.54, 1.807) is 23.1 Å². The molecule has 2 aromatic carbocycles. The Morgan fingerprint density at radius 2 is 1.82 bits per heavy atom. The molecule has 1 spiro atoms. The molecular formula is C28H31N7O3. The smallest absolute Gasteiger partial charge is 0.331 e. The maximum Gasteiger partial charge on any atom is 0.331 e. The highest BCUT2D eigenvalue weighted by Gasteiger charge is 2.52. The molecule has 0 aliphatic carbocycles. The third kappa shape index (κ3) is 4.19. The van der Waals surface area contributed by atoms with Gasteiger partial charge in [0.05, 0.1) is 17.8 Å². The fraction of sp³-hybridized carbons (Fsp3) is 0.393. The van der Waals surface area contributed by atoms with Crippen LogP contribution >= 0.6 is 0 Å². The topological polar surface area (TPSA) is 110 Å². The van der Waals surface area contributed by atoms with Gasteiger partial charge in [-0.05, 0) is 43.2 Å². The Hall–Kier alpha value is -4.21. The zero-order valence-corrected chi connectivity index (χ0v) is 21.8. The lowest BCUT2D eigenvalue weighted by molar-refractivity contribution is -0.149. The molecule has 10 nitrogen and oxygen atoms in total. The van der Waals surface area contributed by atoms with Gasteiger partial charge in [0.2, 0.25) is 5.95 Å². The number of esters is 1. The second-order valence-electron chi connectivity index (χ2n) is 10.7. The summed E-state index contributed by atoms with van der Waals surface area (Å²) >= 11 is 0. The molecule has 4 aromatic rings. The molecule has 196 valence electrons. The van der Waals surface area contributed by atoms with Gasteiger partial charge in [-0.25, -0.2) is 14.5 Å². The van der Waals surface area contributed by atoms with Crippen LogP contribution in [0.4, 0.5) is 11.6 Å². The molecule has 10 heteroatoms. The summed E-state index contributed by atoms with van der Waals surface area (Å²) in [4.78, 5) is 21.4. The van der Waals surface area contributed by atoms with E-state index in [9.17, 15) is 9.90 Å². The number of carbonyl (C=O) groups is 1. The number of fused-ring (bicyclic) bond motifs is 1. The molecule has 38 heavy (non-hydrogen) atoms. The van der Waals surface area contributed by atoms with Crippen molar-refractivity contribution < 1.29 is 14.6 Å². The van der Waals surface area contributed by atoms with Gasteiger partial charge in [-0.1, -0.05) is 32.0 Å². The summed E-state index contributed by atoms with van der Waals surface area (Å²) in [6.07, 6.45) is 1.63. The average Bonchev–Trinajstić information content (AvgIpc) is 3.31. The molecule has 2 aliphatic rings. The van der Waals surface area contributed by atoms with Gasteiger partial charge in [-0.3, -0.25) is 0 Å². The lowest BCUT2D eigenvalue weighted by Gasteiger charge is -2.60. The molecule has 0 bridgehead atoms. The van der Waals surface area contributed by atoms with Gasteiger partial charge in [0, 0.05) is 48.2 Å². The number of hydrogen-bond donors (Lipinski definition) is 1. The van der Waals surface area contributed by atoms with E-state index in [4.69, 9.17) is 4.74 Å². The second-order valence-corrected chi connectivity index (χ2v) is 10.7. The summed E-state index contributed by atoms with van der Waals surface area (Å²) in [7, 11) is 0. The van der Waals surface area contributed by atoms with Crippen molar-refractivity contribution in [1.82, 2.24) is 25.0 Å². The maximum absolute atomic E-state index is 12.4. The molecule has 2 fully saturated rings. The summed E-state index contributed by atoms with van der Waals surface area (Å²) in [6, 6.07) is 14.9. The van der Waals surface area contributed by atoms with Crippen molar-refractivity contribution >= 4 is 28.5 Å². The first-order valence-electron chi connectivity index (χ1n) is 13.0. The van der Waals surface area contributed by atoms with Gasteiger partial charge in [0.15, 0.2) is 6.04 Å². The molecule has 1 atom stereocenters. The minimum atomic E-state index is -0.476. The number of carbonyl (C=O) groups excluding carboxylic acids is 1. The van der Waals surface area contributed by atoms with Gasteiger partial charge in [-0.2, -0.15) is 0 Å².